The van der Waals surface area contributed by atoms with Gasteiger partial charge in [0, 0.05) is 24.5 Å². The van der Waals surface area contributed by atoms with E-state index in [0.717, 1.165) is 16.5 Å². The van der Waals surface area contributed by atoms with Crippen molar-refractivity contribution >= 4 is 10.9 Å². The molecule has 2 aromatic rings. The molecule has 1 N–H and O–H groups in total. The Kier molecular flexibility index (Phi) is 3.71. The molecule has 0 saturated heterocycles. The number of rotatable bonds is 4. The summed E-state index contributed by atoms with van der Waals surface area (Å²) in [5, 5.41) is 11.1. The third-order valence-corrected chi connectivity index (χ3v) is 2.77. The minimum Gasteiger partial charge on any atom is -0.391 e. The molecule has 0 spiro atoms. The number of pyridine rings is 1. The molecule has 17 heavy (non-hydrogen) atoms. The zero-order valence-corrected chi connectivity index (χ0v) is 10.3. The van der Waals surface area contributed by atoms with Crippen LogP contribution in [0.4, 0.5) is 0 Å². The van der Waals surface area contributed by atoms with Crippen LogP contribution in [-0.4, -0.2) is 41.7 Å². The van der Waals surface area contributed by atoms with Gasteiger partial charge < -0.3 is 10.0 Å². The Morgan fingerprint density at radius 3 is 2.76 bits per heavy atom. The Hall–Kier alpha value is -1.45. The van der Waals surface area contributed by atoms with Gasteiger partial charge in [0.2, 0.25) is 0 Å². The van der Waals surface area contributed by atoms with E-state index in [-0.39, 0.29) is 6.10 Å². The van der Waals surface area contributed by atoms with Crippen molar-refractivity contribution in [2.24, 2.45) is 0 Å². The molecule has 0 fully saturated rings. The van der Waals surface area contributed by atoms with Crippen LogP contribution in [0.1, 0.15) is 5.56 Å². The third kappa shape index (κ3) is 3.02. The molecule has 0 amide bonds. The fourth-order valence-electron chi connectivity index (χ4n) is 2.07. The van der Waals surface area contributed by atoms with Crippen molar-refractivity contribution in [3.05, 3.63) is 42.1 Å². The Morgan fingerprint density at radius 2 is 2.00 bits per heavy atom. The number of likely N-dealkylation sites (N-methyl/N-ethyl adjacent to an activating group) is 1. The Morgan fingerprint density at radius 1 is 1.24 bits per heavy atom. The van der Waals surface area contributed by atoms with Gasteiger partial charge in [0.15, 0.2) is 0 Å². The summed E-state index contributed by atoms with van der Waals surface area (Å²) in [6, 6.07) is 10.0. The largest absolute Gasteiger partial charge is 0.391 e. The van der Waals surface area contributed by atoms with Crippen molar-refractivity contribution in [2.75, 3.05) is 20.6 Å². The maximum Gasteiger partial charge on any atom is 0.0707 e. The Balaban J connectivity index is 2.24. The molecule has 3 heteroatoms. The van der Waals surface area contributed by atoms with Gasteiger partial charge in [-0.2, -0.15) is 0 Å². The quantitative estimate of drug-likeness (QED) is 0.868. The predicted molar refractivity (Wildman–Crippen MR) is 70.0 cm³/mol. The number of fused-ring (bicyclic) bond motifs is 1. The number of hydrogen-bond acceptors (Lipinski definition) is 3. The van der Waals surface area contributed by atoms with Crippen LogP contribution in [0, 0.1) is 0 Å². The van der Waals surface area contributed by atoms with E-state index in [2.05, 4.69) is 11.1 Å². The summed E-state index contributed by atoms with van der Waals surface area (Å²) < 4.78 is 0. The summed E-state index contributed by atoms with van der Waals surface area (Å²) in [6.07, 6.45) is 2.14. The number of benzene rings is 1. The first-order chi connectivity index (χ1) is 8.16. The normalized spacial score (nSPS) is 13.2. The highest BCUT2D eigenvalue weighted by molar-refractivity contribution is 5.81. The Labute approximate surface area is 102 Å². The summed E-state index contributed by atoms with van der Waals surface area (Å²) in [5.41, 5.74) is 2.15. The highest BCUT2D eigenvalue weighted by Gasteiger charge is 2.09. The van der Waals surface area contributed by atoms with Crippen molar-refractivity contribution in [1.29, 1.82) is 0 Å². The van der Waals surface area contributed by atoms with Gasteiger partial charge in [-0.05, 0) is 31.8 Å². The molecule has 2 rings (SSSR count). The number of aliphatic hydroxyl groups excluding tert-OH is 1. The first-order valence-corrected chi connectivity index (χ1v) is 5.82. The molecular formula is C14H18N2O. The summed E-state index contributed by atoms with van der Waals surface area (Å²) in [6.45, 7) is 0.677. The average molecular weight is 230 g/mol. The lowest BCUT2D eigenvalue weighted by atomic mass is 10.0. The molecule has 0 aliphatic rings. The van der Waals surface area contributed by atoms with Gasteiger partial charge in [0.05, 0.1) is 11.6 Å². The van der Waals surface area contributed by atoms with E-state index in [0.29, 0.717) is 13.0 Å². The molecule has 0 aliphatic carbocycles. The van der Waals surface area contributed by atoms with E-state index in [4.69, 9.17) is 0 Å². The van der Waals surface area contributed by atoms with Crippen LogP contribution in [0.2, 0.25) is 0 Å². The monoisotopic (exact) mass is 230 g/mol. The van der Waals surface area contributed by atoms with E-state index < -0.39 is 0 Å². The molecule has 3 nitrogen and oxygen atoms in total. The number of nitrogens with zero attached hydrogens (tertiary/aromatic N) is 2. The van der Waals surface area contributed by atoms with Crippen LogP contribution in [0.15, 0.2) is 36.5 Å². The summed E-state index contributed by atoms with van der Waals surface area (Å²) in [4.78, 5) is 6.31. The predicted octanol–water partition coefficient (Wildman–Crippen LogP) is 1.70. The van der Waals surface area contributed by atoms with E-state index in [9.17, 15) is 5.11 Å². The summed E-state index contributed by atoms with van der Waals surface area (Å²) in [5.74, 6) is 0. The van der Waals surface area contributed by atoms with Crippen LogP contribution < -0.4 is 0 Å². The van der Waals surface area contributed by atoms with Crippen molar-refractivity contribution in [3.8, 4) is 0 Å². The van der Waals surface area contributed by atoms with E-state index >= 15 is 0 Å². The zero-order valence-electron chi connectivity index (χ0n) is 10.3. The molecule has 1 unspecified atom stereocenters. The van der Waals surface area contributed by atoms with Crippen LogP contribution in [-0.2, 0) is 6.42 Å². The molecule has 0 aliphatic heterocycles. The molecule has 90 valence electrons. The molecular weight excluding hydrogens is 212 g/mol. The standard InChI is InChI=1S/C14H18N2O/c1-16(2)10-12(17)9-11-7-8-15-14-6-4-3-5-13(11)14/h3-8,12,17H,9-10H2,1-2H3. The molecule has 0 radical (unpaired) electrons. The highest BCUT2D eigenvalue weighted by atomic mass is 16.3. The minimum atomic E-state index is -0.337. The molecule has 0 saturated carbocycles. The first-order valence-electron chi connectivity index (χ1n) is 5.82. The van der Waals surface area contributed by atoms with Crippen molar-refractivity contribution in [3.63, 3.8) is 0 Å². The third-order valence-electron chi connectivity index (χ3n) is 2.77. The SMILES string of the molecule is CN(C)CC(O)Cc1ccnc2ccccc12. The number of para-hydroxylation sites is 1. The van der Waals surface area contributed by atoms with Gasteiger partial charge >= 0.3 is 0 Å². The van der Waals surface area contributed by atoms with E-state index in [1.807, 2.05) is 43.3 Å². The number of aliphatic hydroxyl groups is 1. The van der Waals surface area contributed by atoms with Gasteiger partial charge in [-0.15, -0.1) is 0 Å². The topological polar surface area (TPSA) is 36.4 Å². The van der Waals surface area contributed by atoms with Gasteiger partial charge in [-0.25, -0.2) is 0 Å². The number of hydrogen-bond donors (Lipinski definition) is 1. The van der Waals surface area contributed by atoms with Gasteiger partial charge in [0.25, 0.3) is 0 Å². The van der Waals surface area contributed by atoms with Crippen LogP contribution in [0.3, 0.4) is 0 Å². The molecule has 1 heterocycles. The number of aromatic nitrogens is 1. The summed E-state index contributed by atoms with van der Waals surface area (Å²) >= 11 is 0. The lowest BCUT2D eigenvalue weighted by Crippen LogP contribution is -2.27. The fourth-order valence-corrected chi connectivity index (χ4v) is 2.07. The second kappa shape index (κ2) is 5.25. The first kappa shape index (κ1) is 12.0. The summed E-state index contributed by atoms with van der Waals surface area (Å²) in [7, 11) is 3.93. The molecule has 0 bridgehead atoms. The second-order valence-corrected chi connectivity index (χ2v) is 4.61. The van der Waals surface area contributed by atoms with Crippen LogP contribution in [0.5, 0.6) is 0 Å². The maximum atomic E-state index is 9.97. The minimum absolute atomic E-state index is 0.337. The lowest BCUT2D eigenvalue weighted by Gasteiger charge is -2.16. The van der Waals surface area contributed by atoms with Crippen molar-refractivity contribution in [1.82, 2.24) is 9.88 Å². The highest BCUT2D eigenvalue weighted by Crippen LogP contribution is 2.17. The van der Waals surface area contributed by atoms with Crippen molar-refractivity contribution < 1.29 is 5.11 Å². The lowest BCUT2D eigenvalue weighted by molar-refractivity contribution is 0.137. The molecule has 1 atom stereocenters. The van der Waals surface area contributed by atoms with Gasteiger partial charge in [0.1, 0.15) is 0 Å². The average Bonchev–Trinajstić information content (AvgIpc) is 2.28. The van der Waals surface area contributed by atoms with Crippen LogP contribution in [0.25, 0.3) is 10.9 Å². The van der Waals surface area contributed by atoms with Gasteiger partial charge in [-0.3, -0.25) is 4.98 Å². The maximum absolute atomic E-state index is 9.97. The molecule has 1 aromatic heterocycles. The van der Waals surface area contributed by atoms with E-state index in [1.54, 1.807) is 6.20 Å². The van der Waals surface area contributed by atoms with E-state index in [1.165, 1.54) is 0 Å². The Bertz CT molecular complexity index is 491. The van der Waals surface area contributed by atoms with Crippen molar-refractivity contribution in [2.45, 2.75) is 12.5 Å². The van der Waals surface area contributed by atoms with Crippen LogP contribution >= 0.6 is 0 Å². The fraction of sp³-hybridized carbons (Fsp3) is 0.357. The smallest absolute Gasteiger partial charge is 0.0707 e. The zero-order chi connectivity index (χ0) is 12.3. The second-order valence-electron chi connectivity index (χ2n) is 4.61. The molecule has 1 aromatic carbocycles. The van der Waals surface area contributed by atoms with Gasteiger partial charge in [-0.1, -0.05) is 18.2 Å².